The van der Waals surface area contributed by atoms with Gasteiger partial charge in [-0.1, -0.05) is 23.5 Å². The van der Waals surface area contributed by atoms with Crippen LogP contribution in [0.5, 0.6) is 0 Å². The number of halogens is 3. The minimum absolute atomic E-state index is 0.0679. The number of aryl methyl sites for hydroxylation is 1. The van der Waals surface area contributed by atoms with Gasteiger partial charge in [0.05, 0.1) is 10.2 Å². The van der Waals surface area contributed by atoms with Gasteiger partial charge in [0.1, 0.15) is 0 Å². The van der Waals surface area contributed by atoms with Crippen molar-refractivity contribution in [3.8, 4) is 0 Å². The molecule has 0 aliphatic rings. The molecule has 0 saturated carbocycles. The molecule has 0 amide bonds. The molecule has 1 aromatic heterocycles. The van der Waals surface area contributed by atoms with Crippen LogP contribution in [0.4, 0.5) is 18.3 Å². The Morgan fingerprint density at radius 2 is 2.11 bits per heavy atom. The summed E-state index contributed by atoms with van der Waals surface area (Å²) in [4.78, 5) is 4.37. The molecule has 2 aromatic rings. The van der Waals surface area contributed by atoms with E-state index < -0.39 is 12.6 Å². The SMILES string of the molecule is Cc1cccc2sc(NCCCC(F)(F)F)nc12. The second-order valence-electron chi connectivity index (χ2n) is 4.09. The average Bonchev–Trinajstić information content (AvgIpc) is 2.68. The van der Waals surface area contributed by atoms with Gasteiger partial charge >= 0.3 is 6.18 Å². The average molecular weight is 274 g/mol. The van der Waals surface area contributed by atoms with E-state index in [9.17, 15) is 13.2 Å². The largest absolute Gasteiger partial charge is 0.389 e. The number of nitrogens with zero attached hydrogens (tertiary/aromatic N) is 1. The van der Waals surface area contributed by atoms with Gasteiger partial charge in [-0.05, 0) is 25.0 Å². The maximum atomic E-state index is 12.0. The second-order valence-corrected chi connectivity index (χ2v) is 5.12. The van der Waals surface area contributed by atoms with Crippen molar-refractivity contribution < 1.29 is 13.2 Å². The van der Waals surface area contributed by atoms with Crippen LogP contribution in [0.25, 0.3) is 10.2 Å². The van der Waals surface area contributed by atoms with Crippen LogP contribution in [-0.4, -0.2) is 17.7 Å². The molecule has 0 aliphatic heterocycles. The molecule has 98 valence electrons. The Bertz CT molecular complexity index is 534. The quantitative estimate of drug-likeness (QED) is 0.838. The van der Waals surface area contributed by atoms with Crippen LogP contribution in [-0.2, 0) is 0 Å². The predicted molar refractivity (Wildman–Crippen MR) is 68.1 cm³/mol. The number of rotatable bonds is 4. The van der Waals surface area contributed by atoms with Crippen LogP contribution < -0.4 is 5.32 Å². The fraction of sp³-hybridized carbons (Fsp3) is 0.417. The summed E-state index contributed by atoms with van der Waals surface area (Å²) >= 11 is 1.47. The monoisotopic (exact) mass is 274 g/mol. The highest BCUT2D eigenvalue weighted by atomic mass is 32.1. The van der Waals surface area contributed by atoms with Gasteiger partial charge in [-0.2, -0.15) is 13.2 Å². The Kier molecular flexibility index (Phi) is 3.75. The summed E-state index contributed by atoms with van der Waals surface area (Å²) in [5.41, 5.74) is 1.99. The minimum atomic E-state index is -4.08. The van der Waals surface area contributed by atoms with Gasteiger partial charge in [0.2, 0.25) is 0 Å². The van der Waals surface area contributed by atoms with E-state index in [1.807, 2.05) is 25.1 Å². The van der Waals surface area contributed by atoms with Crippen LogP contribution in [0.1, 0.15) is 18.4 Å². The highest BCUT2D eigenvalue weighted by Gasteiger charge is 2.25. The van der Waals surface area contributed by atoms with Gasteiger partial charge in [-0.15, -0.1) is 0 Å². The van der Waals surface area contributed by atoms with E-state index in [0.29, 0.717) is 11.7 Å². The zero-order valence-corrected chi connectivity index (χ0v) is 10.7. The lowest BCUT2D eigenvalue weighted by atomic mass is 10.2. The van der Waals surface area contributed by atoms with Crippen molar-refractivity contribution in [2.45, 2.75) is 25.9 Å². The molecule has 2 nitrogen and oxygen atoms in total. The van der Waals surface area contributed by atoms with Gasteiger partial charge in [0, 0.05) is 13.0 Å². The molecule has 0 atom stereocenters. The molecule has 1 heterocycles. The summed E-state index contributed by atoms with van der Waals surface area (Å²) in [6.07, 6.45) is -4.77. The molecule has 0 spiro atoms. The van der Waals surface area contributed by atoms with Gasteiger partial charge in [0.15, 0.2) is 5.13 Å². The van der Waals surface area contributed by atoms with Crippen LogP contribution in [0.2, 0.25) is 0 Å². The number of para-hydroxylation sites is 1. The Morgan fingerprint density at radius 1 is 1.33 bits per heavy atom. The van der Waals surface area contributed by atoms with Gasteiger partial charge in [0.25, 0.3) is 0 Å². The summed E-state index contributed by atoms with van der Waals surface area (Å²) in [7, 11) is 0. The van der Waals surface area contributed by atoms with E-state index in [4.69, 9.17) is 0 Å². The number of nitrogens with one attached hydrogen (secondary N) is 1. The molecule has 1 N–H and O–H groups in total. The third-order valence-corrected chi connectivity index (χ3v) is 3.51. The first-order valence-electron chi connectivity index (χ1n) is 5.62. The van der Waals surface area contributed by atoms with Crippen molar-refractivity contribution in [3.63, 3.8) is 0 Å². The lowest BCUT2D eigenvalue weighted by Gasteiger charge is -2.05. The van der Waals surface area contributed by atoms with Crippen LogP contribution in [0.15, 0.2) is 18.2 Å². The summed E-state index contributed by atoms with van der Waals surface area (Å²) in [5, 5.41) is 3.62. The van der Waals surface area contributed by atoms with E-state index in [-0.39, 0.29) is 6.42 Å². The van der Waals surface area contributed by atoms with Crippen LogP contribution in [0, 0.1) is 6.92 Å². The first-order chi connectivity index (χ1) is 8.46. The summed E-state index contributed by atoms with van der Waals surface area (Å²) < 4.78 is 36.9. The van der Waals surface area contributed by atoms with Crippen molar-refractivity contribution >= 4 is 26.7 Å². The topological polar surface area (TPSA) is 24.9 Å². The molecule has 0 fully saturated rings. The molecule has 0 unspecified atom stereocenters. The maximum Gasteiger partial charge on any atom is 0.389 e. The van der Waals surface area contributed by atoms with E-state index in [1.54, 1.807) is 0 Å². The van der Waals surface area contributed by atoms with Gasteiger partial charge in [-0.25, -0.2) is 4.98 Å². The van der Waals surface area contributed by atoms with Gasteiger partial charge < -0.3 is 5.32 Å². The molecule has 0 saturated heterocycles. The normalized spacial score (nSPS) is 12.0. The Morgan fingerprint density at radius 3 is 2.78 bits per heavy atom. The van der Waals surface area contributed by atoms with Crippen LogP contribution in [0.3, 0.4) is 0 Å². The number of benzene rings is 1. The summed E-state index contributed by atoms with van der Waals surface area (Å²) in [5.74, 6) is 0. The van der Waals surface area contributed by atoms with E-state index >= 15 is 0 Å². The Hall–Kier alpha value is -1.30. The van der Waals surface area contributed by atoms with Crippen molar-refractivity contribution in [2.24, 2.45) is 0 Å². The van der Waals surface area contributed by atoms with Crippen molar-refractivity contribution in [2.75, 3.05) is 11.9 Å². The molecule has 1 aromatic carbocycles. The number of hydrogen-bond donors (Lipinski definition) is 1. The number of alkyl halides is 3. The van der Waals surface area contributed by atoms with Crippen LogP contribution >= 0.6 is 11.3 Å². The Balaban J connectivity index is 1.94. The van der Waals surface area contributed by atoms with E-state index in [1.165, 1.54) is 11.3 Å². The van der Waals surface area contributed by atoms with Crippen molar-refractivity contribution in [1.82, 2.24) is 4.98 Å². The number of thiazole rings is 1. The zero-order chi connectivity index (χ0) is 13.2. The Labute approximate surface area is 107 Å². The second kappa shape index (κ2) is 5.14. The van der Waals surface area contributed by atoms with Crippen molar-refractivity contribution in [1.29, 1.82) is 0 Å². The smallest absolute Gasteiger partial charge is 0.361 e. The standard InChI is InChI=1S/C12H13F3N2S/c1-8-4-2-5-9-10(8)17-11(18-9)16-7-3-6-12(13,14)15/h2,4-5H,3,6-7H2,1H3,(H,16,17). The fourth-order valence-electron chi connectivity index (χ4n) is 1.65. The third kappa shape index (κ3) is 3.35. The molecule has 2 rings (SSSR count). The summed E-state index contributed by atoms with van der Waals surface area (Å²) in [6, 6.07) is 5.87. The fourth-order valence-corrected chi connectivity index (χ4v) is 2.62. The lowest BCUT2D eigenvalue weighted by molar-refractivity contribution is -0.134. The van der Waals surface area contributed by atoms with Crippen molar-refractivity contribution in [3.05, 3.63) is 23.8 Å². The first kappa shape index (κ1) is 13.1. The number of fused-ring (bicyclic) bond motifs is 1. The van der Waals surface area contributed by atoms with Gasteiger partial charge in [-0.3, -0.25) is 0 Å². The molecular formula is C12H13F3N2S. The molecule has 0 aliphatic carbocycles. The highest BCUT2D eigenvalue weighted by molar-refractivity contribution is 7.22. The number of anilines is 1. The molecular weight excluding hydrogens is 261 g/mol. The molecule has 6 heteroatoms. The number of aromatic nitrogens is 1. The first-order valence-corrected chi connectivity index (χ1v) is 6.44. The third-order valence-electron chi connectivity index (χ3n) is 2.53. The van der Waals surface area contributed by atoms with E-state index in [0.717, 1.165) is 15.8 Å². The lowest BCUT2D eigenvalue weighted by Crippen LogP contribution is -2.10. The highest BCUT2D eigenvalue weighted by Crippen LogP contribution is 2.28. The molecule has 0 radical (unpaired) electrons. The number of hydrogen-bond acceptors (Lipinski definition) is 3. The maximum absolute atomic E-state index is 12.0. The molecule has 18 heavy (non-hydrogen) atoms. The minimum Gasteiger partial charge on any atom is -0.361 e. The predicted octanol–water partition coefficient (Wildman–Crippen LogP) is 4.36. The summed E-state index contributed by atoms with van der Waals surface area (Å²) in [6.45, 7) is 2.26. The zero-order valence-electron chi connectivity index (χ0n) is 9.84. The van der Waals surface area contributed by atoms with E-state index in [2.05, 4.69) is 10.3 Å². The molecule has 0 bridgehead atoms.